The van der Waals surface area contributed by atoms with Gasteiger partial charge in [0.2, 0.25) is 0 Å². The van der Waals surface area contributed by atoms with Crippen molar-refractivity contribution in [3.63, 3.8) is 0 Å². The molecular weight excluding hydrogens is 219 g/mol. The zero-order valence-electron chi connectivity index (χ0n) is 9.94. The molecular formula is C13H19FN2O. The molecule has 1 fully saturated rings. The second-order valence-corrected chi connectivity index (χ2v) is 4.64. The van der Waals surface area contributed by atoms with Crippen LogP contribution in [-0.4, -0.2) is 17.6 Å². The zero-order valence-corrected chi connectivity index (χ0v) is 9.94. The van der Waals surface area contributed by atoms with E-state index in [2.05, 4.69) is 4.98 Å². The molecule has 1 aromatic heterocycles. The van der Waals surface area contributed by atoms with Gasteiger partial charge in [-0.2, -0.15) is 0 Å². The van der Waals surface area contributed by atoms with Crippen LogP contribution >= 0.6 is 0 Å². The molecule has 4 heteroatoms. The van der Waals surface area contributed by atoms with Crippen LogP contribution in [0.4, 0.5) is 4.39 Å². The fourth-order valence-corrected chi connectivity index (χ4v) is 2.40. The number of nitrogens with two attached hydrogens (primary N) is 1. The molecule has 1 aliphatic carbocycles. The Morgan fingerprint density at radius 2 is 2.18 bits per heavy atom. The zero-order chi connectivity index (χ0) is 12.1. The van der Waals surface area contributed by atoms with Crippen LogP contribution in [0, 0.1) is 11.7 Å². The summed E-state index contributed by atoms with van der Waals surface area (Å²) >= 11 is 0. The van der Waals surface area contributed by atoms with Crippen molar-refractivity contribution >= 4 is 0 Å². The van der Waals surface area contributed by atoms with E-state index in [0.29, 0.717) is 19.1 Å². The summed E-state index contributed by atoms with van der Waals surface area (Å²) in [6.07, 6.45) is 7.70. The number of ether oxygens (including phenoxy) is 1. The van der Waals surface area contributed by atoms with Crippen molar-refractivity contribution in [2.45, 2.75) is 38.4 Å². The van der Waals surface area contributed by atoms with E-state index >= 15 is 0 Å². The van der Waals surface area contributed by atoms with E-state index in [4.69, 9.17) is 10.5 Å². The predicted molar refractivity (Wildman–Crippen MR) is 63.8 cm³/mol. The van der Waals surface area contributed by atoms with Crippen LogP contribution in [0.1, 0.15) is 31.2 Å². The van der Waals surface area contributed by atoms with E-state index in [1.165, 1.54) is 25.1 Å². The fourth-order valence-electron chi connectivity index (χ4n) is 2.40. The Morgan fingerprint density at radius 1 is 1.35 bits per heavy atom. The van der Waals surface area contributed by atoms with Crippen LogP contribution in [0.3, 0.4) is 0 Å². The van der Waals surface area contributed by atoms with Gasteiger partial charge in [-0.1, -0.05) is 12.8 Å². The van der Waals surface area contributed by atoms with Gasteiger partial charge in [-0.15, -0.1) is 0 Å². The molecule has 0 spiro atoms. The molecule has 1 saturated carbocycles. The summed E-state index contributed by atoms with van der Waals surface area (Å²) in [6, 6.07) is 1.47. The van der Waals surface area contributed by atoms with Crippen molar-refractivity contribution < 1.29 is 9.13 Å². The molecule has 0 radical (unpaired) electrons. The number of hydrogen-bond acceptors (Lipinski definition) is 3. The first-order chi connectivity index (χ1) is 8.29. The Kier molecular flexibility index (Phi) is 4.45. The second kappa shape index (κ2) is 6.07. The van der Waals surface area contributed by atoms with Gasteiger partial charge in [0.05, 0.1) is 18.9 Å². The van der Waals surface area contributed by atoms with E-state index in [1.807, 2.05) is 0 Å². The maximum absolute atomic E-state index is 12.9. The molecule has 0 aliphatic heterocycles. The maximum Gasteiger partial charge on any atom is 0.141 e. The monoisotopic (exact) mass is 238 g/mol. The molecule has 2 rings (SSSR count). The first-order valence-corrected chi connectivity index (χ1v) is 6.20. The van der Waals surface area contributed by atoms with Gasteiger partial charge in [0.15, 0.2) is 0 Å². The third-order valence-electron chi connectivity index (χ3n) is 3.37. The summed E-state index contributed by atoms with van der Waals surface area (Å²) in [5, 5.41) is 0. The Bertz CT molecular complexity index is 359. The molecule has 17 heavy (non-hydrogen) atoms. The van der Waals surface area contributed by atoms with Crippen LogP contribution in [0.2, 0.25) is 0 Å². The van der Waals surface area contributed by atoms with Gasteiger partial charge in [0.25, 0.3) is 0 Å². The normalized spacial score (nSPS) is 24.8. The predicted octanol–water partition coefficient (Wildman–Crippen LogP) is 2.25. The number of halogens is 1. The fraction of sp³-hybridized carbons (Fsp3) is 0.615. The Balaban J connectivity index is 1.88. The summed E-state index contributed by atoms with van der Waals surface area (Å²) in [4.78, 5) is 3.81. The minimum Gasteiger partial charge on any atom is -0.373 e. The Morgan fingerprint density at radius 3 is 2.94 bits per heavy atom. The summed E-state index contributed by atoms with van der Waals surface area (Å²) in [5.74, 6) is 0.135. The average molecular weight is 238 g/mol. The SMILES string of the molecule is NCC1CCCCC1OCc1cncc(F)c1. The molecule has 0 saturated heterocycles. The lowest BCUT2D eigenvalue weighted by Gasteiger charge is -2.30. The quantitative estimate of drug-likeness (QED) is 0.875. The molecule has 1 aliphatic rings. The summed E-state index contributed by atoms with van der Waals surface area (Å²) < 4.78 is 18.8. The van der Waals surface area contributed by atoms with Crippen molar-refractivity contribution in [2.24, 2.45) is 11.7 Å². The Hall–Kier alpha value is -1.00. The lowest BCUT2D eigenvalue weighted by atomic mass is 9.86. The van der Waals surface area contributed by atoms with Gasteiger partial charge < -0.3 is 10.5 Å². The lowest BCUT2D eigenvalue weighted by molar-refractivity contribution is -0.0184. The van der Waals surface area contributed by atoms with Gasteiger partial charge >= 0.3 is 0 Å². The van der Waals surface area contributed by atoms with Gasteiger partial charge in [-0.05, 0) is 36.9 Å². The molecule has 0 amide bonds. The van der Waals surface area contributed by atoms with Gasteiger partial charge in [-0.3, -0.25) is 4.98 Å². The van der Waals surface area contributed by atoms with E-state index < -0.39 is 0 Å². The molecule has 2 unspecified atom stereocenters. The first-order valence-electron chi connectivity index (χ1n) is 6.20. The Labute approximate surface area is 101 Å². The maximum atomic E-state index is 12.9. The van der Waals surface area contributed by atoms with Gasteiger partial charge in [0.1, 0.15) is 5.82 Å². The van der Waals surface area contributed by atoms with Crippen LogP contribution in [0.15, 0.2) is 18.5 Å². The largest absolute Gasteiger partial charge is 0.373 e. The molecule has 1 heterocycles. The number of pyridine rings is 1. The van der Waals surface area contributed by atoms with Crippen molar-refractivity contribution in [2.75, 3.05) is 6.54 Å². The molecule has 3 nitrogen and oxygen atoms in total. The summed E-state index contributed by atoms with van der Waals surface area (Å²) in [7, 11) is 0. The van der Waals surface area contributed by atoms with E-state index in [1.54, 1.807) is 6.20 Å². The minimum atomic E-state index is -0.315. The molecule has 2 N–H and O–H groups in total. The van der Waals surface area contributed by atoms with Crippen LogP contribution < -0.4 is 5.73 Å². The molecule has 0 aromatic carbocycles. The average Bonchev–Trinajstić information content (AvgIpc) is 2.37. The minimum absolute atomic E-state index is 0.219. The molecule has 94 valence electrons. The summed E-state index contributed by atoms with van der Waals surface area (Å²) in [6.45, 7) is 1.10. The van der Waals surface area contributed by atoms with Crippen molar-refractivity contribution in [1.82, 2.24) is 4.98 Å². The van der Waals surface area contributed by atoms with Crippen molar-refractivity contribution in [3.05, 3.63) is 29.8 Å². The van der Waals surface area contributed by atoms with Crippen LogP contribution in [-0.2, 0) is 11.3 Å². The second-order valence-electron chi connectivity index (χ2n) is 4.64. The first kappa shape index (κ1) is 12.5. The van der Waals surface area contributed by atoms with Crippen LogP contribution in [0.25, 0.3) is 0 Å². The molecule has 2 atom stereocenters. The van der Waals surface area contributed by atoms with E-state index in [0.717, 1.165) is 18.4 Å². The number of aromatic nitrogens is 1. The standard InChI is InChI=1S/C13H19FN2O/c14-12-5-10(7-16-8-12)9-17-13-4-2-1-3-11(13)6-15/h5,7-8,11,13H,1-4,6,9,15H2. The highest BCUT2D eigenvalue weighted by atomic mass is 19.1. The number of hydrogen-bond donors (Lipinski definition) is 1. The van der Waals surface area contributed by atoms with E-state index in [-0.39, 0.29) is 11.9 Å². The molecule has 1 aromatic rings. The highest BCUT2D eigenvalue weighted by Crippen LogP contribution is 2.26. The highest BCUT2D eigenvalue weighted by molar-refractivity contribution is 5.08. The van der Waals surface area contributed by atoms with Crippen molar-refractivity contribution in [3.8, 4) is 0 Å². The van der Waals surface area contributed by atoms with Crippen molar-refractivity contribution in [1.29, 1.82) is 0 Å². The molecule has 0 bridgehead atoms. The van der Waals surface area contributed by atoms with E-state index in [9.17, 15) is 4.39 Å². The summed E-state index contributed by atoms with van der Waals surface area (Å²) in [5.41, 5.74) is 6.52. The van der Waals surface area contributed by atoms with Gasteiger partial charge in [-0.25, -0.2) is 4.39 Å². The highest BCUT2D eigenvalue weighted by Gasteiger charge is 2.24. The smallest absolute Gasteiger partial charge is 0.141 e. The van der Waals surface area contributed by atoms with Gasteiger partial charge in [0, 0.05) is 6.20 Å². The lowest BCUT2D eigenvalue weighted by Crippen LogP contribution is -2.33. The third-order valence-corrected chi connectivity index (χ3v) is 3.37. The topological polar surface area (TPSA) is 48.1 Å². The third kappa shape index (κ3) is 3.48. The van der Waals surface area contributed by atoms with Crippen LogP contribution in [0.5, 0.6) is 0 Å². The number of nitrogens with zero attached hydrogens (tertiary/aromatic N) is 1. The number of rotatable bonds is 4.